The Morgan fingerprint density at radius 3 is 2.65 bits per heavy atom. The number of para-hydroxylation sites is 1. The van der Waals surface area contributed by atoms with Crippen LogP contribution < -0.4 is 4.90 Å². The molecule has 3 heteroatoms. The summed E-state index contributed by atoms with van der Waals surface area (Å²) < 4.78 is 0. The van der Waals surface area contributed by atoms with Gasteiger partial charge in [-0.05, 0) is 24.8 Å². The van der Waals surface area contributed by atoms with Gasteiger partial charge in [0.2, 0.25) is 0 Å². The number of hydrogen-bond donors (Lipinski definition) is 1. The van der Waals surface area contributed by atoms with Gasteiger partial charge in [0, 0.05) is 18.7 Å². The normalized spacial score (nSPS) is 17.5. The molecule has 94 valence electrons. The molecule has 0 spiro atoms. The molecular formula is C14H20ClNO. The maximum absolute atomic E-state index is 9.39. The molecular weight excluding hydrogens is 234 g/mol. The summed E-state index contributed by atoms with van der Waals surface area (Å²) >= 11 is 6.26. The summed E-state index contributed by atoms with van der Waals surface area (Å²) in [6, 6.07) is 5.76. The van der Waals surface area contributed by atoms with E-state index in [0.29, 0.717) is 0 Å². The molecule has 0 atom stereocenters. The SMILES string of the molecule is CCC1CCN(c2c(Cl)cccc2CO)CC1. The number of aliphatic hydroxyl groups excluding tert-OH is 1. The van der Waals surface area contributed by atoms with E-state index in [-0.39, 0.29) is 6.61 Å². The van der Waals surface area contributed by atoms with Crippen LogP contribution in [-0.2, 0) is 6.61 Å². The van der Waals surface area contributed by atoms with E-state index in [2.05, 4.69) is 11.8 Å². The van der Waals surface area contributed by atoms with Crippen molar-refractivity contribution in [2.24, 2.45) is 5.92 Å². The van der Waals surface area contributed by atoms with Crippen molar-refractivity contribution in [2.45, 2.75) is 32.8 Å². The van der Waals surface area contributed by atoms with E-state index in [1.165, 1.54) is 19.3 Å². The van der Waals surface area contributed by atoms with Crippen molar-refractivity contribution >= 4 is 17.3 Å². The van der Waals surface area contributed by atoms with Gasteiger partial charge in [-0.15, -0.1) is 0 Å². The van der Waals surface area contributed by atoms with Crippen LogP contribution in [0.25, 0.3) is 0 Å². The lowest BCUT2D eigenvalue weighted by Gasteiger charge is -2.34. The van der Waals surface area contributed by atoms with Crippen LogP contribution in [0.2, 0.25) is 5.02 Å². The fourth-order valence-corrected chi connectivity index (χ4v) is 2.92. The summed E-state index contributed by atoms with van der Waals surface area (Å²) in [6.45, 7) is 4.42. The predicted molar refractivity (Wildman–Crippen MR) is 72.6 cm³/mol. The average molecular weight is 254 g/mol. The van der Waals surface area contributed by atoms with E-state index in [1.807, 2.05) is 18.2 Å². The Hall–Kier alpha value is -0.730. The Labute approximate surface area is 108 Å². The zero-order valence-corrected chi connectivity index (χ0v) is 11.1. The van der Waals surface area contributed by atoms with Crippen molar-refractivity contribution in [2.75, 3.05) is 18.0 Å². The standard InChI is InChI=1S/C14H20ClNO/c1-2-11-6-8-16(9-7-11)14-12(10-17)4-3-5-13(14)15/h3-5,11,17H,2,6-10H2,1H3. The zero-order valence-electron chi connectivity index (χ0n) is 10.3. The Kier molecular flexibility index (Phi) is 4.30. The maximum atomic E-state index is 9.39. The van der Waals surface area contributed by atoms with Crippen molar-refractivity contribution in [1.82, 2.24) is 0 Å². The summed E-state index contributed by atoms with van der Waals surface area (Å²) in [5.74, 6) is 0.853. The number of aliphatic hydroxyl groups is 1. The molecule has 1 fully saturated rings. The van der Waals surface area contributed by atoms with Gasteiger partial charge in [-0.3, -0.25) is 0 Å². The van der Waals surface area contributed by atoms with Crippen molar-refractivity contribution < 1.29 is 5.11 Å². The number of halogens is 1. The number of rotatable bonds is 3. The lowest BCUT2D eigenvalue weighted by Crippen LogP contribution is -2.34. The third kappa shape index (κ3) is 2.75. The lowest BCUT2D eigenvalue weighted by molar-refractivity contribution is 0.281. The number of nitrogens with zero attached hydrogens (tertiary/aromatic N) is 1. The van der Waals surface area contributed by atoms with Crippen LogP contribution in [0.5, 0.6) is 0 Å². The molecule has 1 N–H and O–H groups in total. The first-order valence-corrected chi connectivity index (χ1v) is 6.77. The molecule has 2 rings (SSSR count). The first kappa shape index (κ1) is 12.7. The number of piperidine rings is 1. The Balaban J connectivity index is 2.17. The van der Waals surface area contributed by atoms with E-state index in [4.69, 9.17) is 11.6 Å². The quantitative estimate of drug-likeness (QED) is 0.892. The summed E-state index contributed by atoms with van der Waals surface area (Å²) in [4.78, 5) is 2.32. The molecule has 1 aromatic rings. The monoisotopic (exact) mass is 253 g/mol. The molecule has 0 bridgehead atoms. The van der Waals surface area contributed by atoms with Gasteiger partial charge in [-0.25, -0.2) is 0 Å². The van der Waals surface area contributed by atoms with Gasteiger partial charge in [0.1, 0.15) is 0 Å². The molecule has 0 aromatic heterocycles. The van der Waals surface area contributed by atoms with Crippen molar-refractivity contribution in [3.8, 4) is 0 Å². The third-order valence-electron chi connectivity index (χ3n) is 3.75. The highest BCUT2D eigenvalue weighted by molar-refractivity contribution is 6.33. The molecule has 0 unspecified atom stereocenters. The smallest absolute Gasteiger partial charge is 0.0702 e. The molecule has 1 saturated heterocycles. The van der Waals surface area contributed by atoms with Gasteiger partial charge in [-0.2, -0.15) is 0 Å². The number of hydrogen-bond acceptors (Lipinski definition) is 2. The second kappa shape index (κ2) is 5.74. The summed E-state index contributed by atoms with van der Waals surface area (Å²) in [7, 11) is 0. The lowest BCUT2D eigenvalue weighted by atomic mass is 9.94. The topological polar surface area (TPSA) is 23.5 Å². The summed E-state index contributed by atoms with van der Waals surface area (Å²) in [5.41, 5.74) is 1.97. The third-order valence-corrected chi connectivity index (χ3v) is 4.05. The highest BCUT2D eigenvalue weighted by atomic mass is 35.5. The fraction of sp³-hybridized carbons (Fsp3) is 0.571. The van der Waals surface area contributed by atoms with E-state index in [9.17, 15) is 5.11 Å². The van der Waals surface area contributed by atoms with Crippen molar-refractivity contribution in [1.29, 1.82) is 0 Å². The van der Waals surface area contributed by atoms with Crippen LogP contribution in [0, 0.1) is 5.92 Å². The minimum absolute atomic E-state index is 0.0591. The van der Waals surface area contributed by atoms with Crippen LogP contribution >= 0.6 is 11.6 Å². The van der Waals surface area contributed by atoms with Crippen molar-refractivity contribution in [3.63, 3.8) is 0 Å². The molecule has 17 heavy (non-hydrogen) atoms. The highest BCUT2D eigenvalue weighted by Gasteiger charge is 2.21. The minimum Gasteiger partial charge on any atom is -0.392 e. The Morgan fingerprint density at radius 1 is 1.35 bits per heavy atom. The predicted octanol–water partition coefficient (Wildman–Crippen LogP) is 3.46. The Morgan fingerprint density at radius 2 is 2.06 bits per heavy atom. The molecule has 0 saturated carbocycles. The van der Waals surface area contributed by atoms with Crippen LogP contribution in [-0.4, -0.2) is 18.2 Å². The van der Waals surface area contributed by atoms with Gasteiger partial charge in [-0.1, -0.05) is 37.1 Å². The molecule has 0 aliphatic carbocycles. The minimum atomic E-state index is 0.0591. The maximum Gasteiger partial charge on any atom is 0.0702 e. The van der Waals surface area contributed by atoms with E-state index < -0.39 is 0 Å². The van der Waals surface area contributed by atoms with Gasteiger partial charge < -0.3 is 10.0 Å². The van der Waals surface area contributed by atoms with E-state index in [0.717, 1.165) is 35.3 Å². The molecule has 0 radical (unpaired) electrons. The highest BCUT2D eigenvalue weighted by Crippen LogP contribution is 2.33. The fourth-order valence-electron chi connectivity index (χ4n) is 2.61. The molecule has 2 nitrogen and oxygen atoms in total. The van der Waals surface area contributed by atoms with Gasteiger partial charge in [0.15, 0.2) is 0 Å². The Bertz CT molecular complexity index is 372. The van der Waals surface area contributed by atoms with Crippen LogP contribution in [0.15, 0.2) is 18.2 Å². The molecule has 0 amide bonds. The largest absolute Gasteiger partial charge is 0.392 e. The zero-order chi connectivity index (χ0) is 12.3. The first-order valence-electron chi connectivity index (χ1n) is 6.39. The second-order valence-electron chi connectivity index (χ2n) is 4.74. The average Bonchev–Trinajstić information content (AvgIpc) is 2.38. The molecule has 1 aliphatic heterocycles. The van der Waals surface area contributed by atoms with E-state index in [1.54, 1.807) is 0 Å². The molecule has 1 aromatic carbocycles. The van der Waals surface area contributed by atoms with Gasteiger partial charge in [0.05, 0.1) is 17.3 Å². The first-order chi connectivity index (χ1) is 8.26. The van der Waals surface area contributed by atoms with Crippen molar-refractivity contribution in [3.05, 3.63) is 28.8 Å². The summed E-state index contributed by atoms with van der Waals surface area (Å²) in [5, 5.41) is 10.1. The summed E-state index contributed by atoms with van der Waals surface area (Å²) in [6.07, 6.45) is 3.72. The van der Waals surface area contributed by atoms with Gasteiger partial charge >= 0.3 is 0 Å². The molecule has 1 heterocycles. The van der Waals surface area contributed by atoms with Crippen LogP contribution in [0.3, 0.4) is 0 Å². The number of benzene rings is 1. The van der Waals surface area contributed by atoms with Crippen LogP contribution in [0.1, 0.15) is 31.7 Å². The van der Waals surface area contributed by atoms with Gasteiger partial charge in [0.25, 0.3) is 0 Å². The second-order valence-corrected chi connectivity index (χ2v) is 5.15. The van der Waals surface area contributed by atoms with Crippen LogP contribution in [0.4, 0.5) is 5.69 Å². The van der Waals surface area contributed by atoms with E-state index >= 15 is 0 Å². The molecule has 1 aliphatic rings. The number of anilines is 1.